The lowest BCUT2D eigenvalue weighted by molar-refractivity contribution is -0.137. The Kier molecular flexibility index (Phi) is 5.68. The summed E-state index contributed by atoms with van der Waals surface area (Å²) in [6.07, 6.45) is -0.124. The molecule has 0 spiro atoms. The molecular weight excluding hydrogens is 253 g/mol. The van der Waals surface area contributed by atoms with Crippen molar-refractivity contribution in [2.45, 2.75) is 38.8 Å². The van der Waals surface area contributed by atoms with Crippen molar-refractivity contribution in [3.63, 3.8) is 0 Å². The topological polar surface area (TPSA) is 35.8 Å². The molecule has 104 valence electrons. The van der Waals surface area contributed by atoms with E-state index in [4.69, 9.17) is 5.26 Å². The van der Waals surface area contributed by atoms with E-state index >= 15 is 0 Å². The summed E-state index contributed by atoms with van der Waals surface area (Å²) >= 11 is 0. The van der Waals surface area contributed by atoms with Gasteiger partial charge in [-0.2, -0.15) is 18.4 Å². The van der Waals surface area contributed by atoms with E-state index in [1.54, 1.807) is 6.07 Å². The molecule has 1 aromatic carbocycles. The smallest absolute Gasteiger partial charge is 0.384 e. The minimum atomic E-state index is -4.41. The van der Waals surface area contributed by atoms with E-state index in [0.29, 0.717) is 12.2 Å². The molecule has 0 fully saturated rings. The van der Waals surface area contributed by atoms with Gasteiger partial charge in [-0.15, -0.1) is 0 Å². The van der Waals surface area contributed by atoms with Gasteiger partial charge in [0.2, 0.25) is 0 Å². The Labute approximate surface area is 111 Å². The van der Waals surface area contributed by atoms with E-state index < -0.39 is 11.7 Å². The van der Waals surface area contributed by atoms with E-state index in [1.807, 2.05) is 0 Å². The van der Waals surface area contributed by atoms with Gasteiger partial charge in [0.25, 0.3) is 0 Å². The quantitative estimate of drug-likeness (QED) is 0.768. The first-order valence-electron chi connectivity index (χ1n) is 6.34. The molecule has 2 nitrogen and oxygen atoms in total. The molecule has 0 bridgehead atoms. The van der Waals surface area contributed by atoms with Crippen molar-refractivity contribution >= 4 is 5.69 Å². The monoisotopic (exact) mass is 270 g/mol. The van der Waals surface area contributed by atoms with Crippen molar-refractivity contribution in [2.24, 2.45) is 0 Å². The van der Waals surface area contributed by atoms with Gasteiger partial charge in [-0.25, -0.2) is 0 Å². The summed E-state index contributed by atoms with van der Waals surface area (Å²) in [6, 6.07) is 5.00. The zero-order valence-electron chi connectivity index (χ0n) is 10.8. The minimum Gasteiger partial charge on any atom is -0.384 e. The molecule has 5 heteroatoms. The van der Waals surface area contributed by atoms with Gasteiger partial charge in [0.05, 0.1) is 16.8 Å². The number of anilines is 1. The van der Waals surface area contributed by atoms with Crippen LogP contribution in [0.2, 0.25) is 0 Å². The van der Waals surface area contributed by atoms with Gasteiger partial charge in [0.1, 0.15) is 6.07 Å². The fourth-order valence-electron chi connectivity index (χ4n) is 1.74. The second-order valence-electron chi connectivity index (χ2n) is 4.36. The zero-order valence-corrected chi connectivity index (χ0v) is 10.8. The van der Waals surface area contributed by atoms with Gasteiger partial charge >= 0.3 is 6.18 Å². The van der Waals surface area contributed by atoms with Crippen LogP contribution in [0.3, 0.4) is 0 Å². The third kappa shape index (κ3) is 4.82. The third-order valence-corrected chi connectivity index (χ3v) is 2.81. The van der Waals surface area contributed by atoms with Crippen molar-refractivity contribution in [1.82, 2.24) is 0 Å². The normalized spacial score (nSPS) is 11.1. The maximum Gasteiger partial charge on any atom is 0.416 e. The fourth-order valence-corrected chi connectivity index (χ4v) is 1.74. The van der Waals surface area contributed by atoms with E-state index in [2.05, 4.69) is 12.2 Å². The van der Waals surface area contributed by atoms with Crippen molar-refractivity contribution < 1.29 is 13.2 Å². The van der Waals surface area contributed by atoms with Crippen LogP contribution in [-0.4, -0.2) is 6.54 Å². The number of nitrogens with one attached hydrogen (secondary N) is 1. The summed E-state index contributed by atoms with van der Waals surface area (Å²) < 4.78 is 37.5. The summed E-state index contributed by atoms with van der Waals surface area (Å²) in [6.45, 7) is 2.77. The zero-order chi connectivity index (χ0) is 14.3. The highest BCUT2D eigenvalue weighted by molar-refractivity contribution is 5.58. The second-order valence-corrected chi connectivity index (χ2v) is 4.36. The van der Waals surface area contributed by atoms with Crippen molar-refractivity contribution in [3.05, 3.63) is 29.3 Å². The van der Waals surface area contributed by atoms with Crippen LogP contribution in [0.5, 0.6) is 0 Å². The molecule has 0 atom stereocenters. The number of unbranched alkanes of at least 4 members (excludes halogenated alkanes) is 3. The van der Waals surface area contributed by atoms with Gasteiger partial charge in [0, 0.05) is 6.54 Å². The van der Waals surface area contributed by atoms with Gasteiger partial charge in [0.15, 0.2) is 0 Å². The van der Waals surface area contributed by atoms with Gasteiger partial charge < -0.3 is 5.32 Å². The van der Waals surface area contributed by atoms with Gasteiger partial charge in [-0.05, 0) is 24.6 Å². The standard InChI is InChI=1S/C14H17F3N2/c1-2-3-4-5-8-19-13-7-6-12(14(15,16)17)9-11(13)10-18/h6-7,9,19H,2-5,8H2,1H3. The summed E-state index contributed by atoms with van der Waals surface area (Å²) in [5, 5.41) is 11.9. The van der Waals surface area contributed by atoms with Crippen LogP contribution in [0.4, 0.5) is 18.9 Å². The minimum absolute atomic E-state index is 0.0327. The molecule has 0 aromatic heterocycles. The SMILES string of the molecule is CCCCCCNc1ccc(C(F)(F)F)cc1C#N. The molecule has 0 radical (unpaired) electrons. The summed E-state index contributed by atoms with van der Waals surface area (Å²) in [7, 11) is 0. The Morgan fingerprint density at radius 3 is 2.53 bits per heavy atom. The number of benzene rings is 1. The summed E-state index contributed by atoms with van der Waals surface area (Å²) in [5.74, 6) is 0. The number of nitriles is 1. The van der Waals surface area contributed by atoms with Gasteiger partial charge in [-0.1, -0.05) is 26.2 Å². The first-order valence-corrected chi connectivity index (χ1v) is 6.34. The predicted molar refractivity (Wildman–Crippen MR) is 68.8 cm³/mol. The number of hydrogen-bond donors (Lipinski definition) is 1. The van der Waals surface area contributed by atoms with E-state index in [0.717, 1.165) is 37.8 Å². The lowest BCUT2D eigenvalue weighted by atomic mass is 10.1. The third-order valence-electron chi connectivity index (χ3n) is 2.81. The van der Waals surface area contributed by atoms with Crippen molar-refractivity contribution in [3.8, 4) is 6.07 Å². The Bertz CT molecular complexity index is 447. The highest BCUT2D eigenvalue weighted by atomic mass is 19.4. The van der Waals surface area contributed by atoms with Crippen LogP contribution in [0.1, 0.15) is 43.7 Å². The highest BCUT2D eigenvalue weighted by Gasteiger charge is 2.30. The molecule has 0 aliphatic rings. The molecular formula is C14H17F3N2. The maximum atomic E-state index is 12.5. The molecule has 1 aromatic rings. The second kappa shape index (κ2) is 7.03. The predicted octanol–water partition coefficient (Wildman–Crippen LogP) is 4.57. The number of hydrogen-bond acceptors (Lipinski definition) is 2. The molecule has 0 heterocycles. The van der Waals surface area contributed by atoms with E-state index in [-0.39, 0.29) is 5.56 Å². The van der Waals surface area contributed by atoms with Crippen LogP contribution in [0, 0.1) is 11.3 Å². The van der Waals surface area contributed by atoms with Crippen molar-refractivity contribution in [2.75, 3.05) is 11.9 Å². The fraction of sp³-hybridized carbons (Fsp3) is 0.500. The highest BCUT2D eigenvalue weighted by Crippen LogP contribution is 2.31. The Morgan fingerprint density at radius 2 is 1.95 bits per heavy atom. The average Bonchev–Trinajstić information content (AvgIpc) is 2.37. The lowest BCUT2D eigenvalue weighted by Crippen LogP contribution is -2.08. The molecule has 0 aliphatic carbocycles. The molecule has 0 saturated heterocycles. The largest absolute Gasteiger partial charge is 0.416 e. The van der Waals surface area contributed by atoms with Crippen LogP contribution in [0.25, 0.3) is 0 Å². The summed E-state index contributed by atoms with van der Waals surface area (Å²) in [4.78, 5) is 0. The Hall–Kier alpha value is -1.70. The van der Waals surface area contributed by atoms with Crippen LogP contribution in [-0.2, 0) is 6.18 Å². The number of rotatable bonds is 6. The van der Waals surface area contributed by atoms with Crippen LogP contribution in [0.15, 0.2) is 18.2 Å². The first-order chi connectivity index (χ1) is 8.99. The first kappa shape index (κ1) is 15.4. The molecule has 19 heavy (non-hydrogen) atoms. The number of nitrogens with zero attached hydrogens (tertiary/aromatic N) is 1. The number of alkyl halides is 3. The molecule has 0 saturated carbocycles. The lowest BCUT2D eigenvalue weighted by Gasteiger charge is -2.11. The Balaban J connectivity index is 2.67. The number of halogens is 3. The molecule has 1 rings (SSSR count). The van der Waals surface area contributed by atoms with Crippen molar-refractivity contribution in [1.29, 1.82) is 5.26 Å². The summed E-state index contributed by atoms with van der Waals surface area (Å²) in [5.41, 5.74) is -0.294. The average molecular weight is 270 g/mol. The van der Waals surface area contributed by atoms with Gasteiger partial charge in [-0.3, -0.25) is 0 Å². The molecule has 0 amide bonds. The molecule has 1 N–H and O–H groups in total. The van der Waals surface area contributed by atoms with E-state index in [1.165, 1.54) is 6.07 Å². The molecule has 0 aliphatic heterocycles. The Morgan fingerprint density at radius 1 is 1.21 bits per heavy atom. The van der Waals surface area contributed by atoms with Crippen LogP contribution >= 0.6 is 0 Å². The molecule has 0 unspecified atom stereocenters. The van der Waals surface area contributed by atoms with E-state index in [9.17, 15) is 13.2 Å². The van der Waals surface area contributed by atoms with Crippen LogP contribution < -0.4 is 5.32 Å². The maximum absolute atomic E-state index is 12.5.